The van der Waals surface area contributed by atoms with E-state index in [4.69, 9.17) is 16.3 Å². The second kappa shape index (κ2) is 6.84. The van der Waals surface area contributed by atoms with E-state index in [1.807, 2.05) is 6.92 Å². The van der Waals surface area contributed by atoms with Crippen molar-refractivity contribution in [3.8, 4) is 0 Å². The molecular weight excluding hydrogens is 266 g/mol. The summed E-state index contributed by atoms with van der Waals surface area (Å²) in [6, 6.07) is 3.43. The highest BCUT2D eigenvalue weighted by atomic mass is 35.5. The van der Waals surface area contributed by atoms with Crippen LogP contribution in [0.3, 0.4) is 0 Å². The topological polar surface area (TPSA) is 54.5 Å². The molecule has 0 spiro atoms. The molecule has 0 radical (unpaired) electrons. The van der Waals surface area contributed by atoms with Crippen LogP contribution in [0.1, 0.15) is 17.3 Å². The van der Waals surface area contributed by atoms with Crippen LogP contribution in [0.5, 0.6) is 0 Å². The fraction of sp³-hybridized carbons (Fsp3) is 0.538. The van der Waals surface area contributed by atoms with E-state index in [2.05, 4.69) is 15.2 Å². The van der Waals surface area contributed by atoms with Crippen molar-refractivity contribution in [1.82, 2.24) is 15.2 Å². The molecule has 2 heterocycles. The Morgan fingerprint density at radius 2 is 2.32 bits per heavy atom. The molecule has 0 aliphatic carbocycles. The summed E-state index contributed by atoms with van der Waals surface area (Å²) in [5.41, 5.74) is 0.415. The Hall–Kier alpha value is -1.17. The van der Waals surface area contributed by atoms with Gasteiger partial charge in [-0.3, -0.25) is 9.69 Å². The Bertz CT molecular complexity index is 436. The van der Waals surface area contributed by atoms with Crippen molar-refractivity contribution in [3.63, 3.8) is 0 Å². The Morgan fingerprint density at radius 3 is 3.00 bits per heavy atom. The normalized spacial score (nSPS) is 18.0. The fourth-order valence-electron chi connectivity index (χ4n) is 2.07. The van der Waals surface area contributed by atoms with Gasteiger partial charge in [0.2, 0.25) is 0 Å². The summed E-state index contributed by atoms with van der Waals surface area (Å²) in [4.78, 5) is 18.2. The monoisotopic (exact) mass is 283 g/mol. The van der Waals surface area contributed by atoms with Gasteiger partial charge in [-0.15, -0.1) is 0 Å². The van der Waals surface area contributed by atoms with Crippen molar-refractivity contribution in [1.29, 1.82) is 0 Å². The summed E-state index contributed by atoms with van der Waals surface area (Å²) in [6.45, 7) is 6.14. The molecule has 0 saturated carbocycles. The molecule has 2 rings (SSSR count). The van der Waals surface area contributed by atoms with Crippen molar-refractivity contribution in [2.24, 2.45) is 0 Å². The molecule has 104 valence electrons. The van der Waals surface area contributed by atoms with Gasteiger partial charge in [-0.05, 0) is 19.1 Å². The van der Waals surface area contributed by atoms with Gasteiger partial charge in [0.25, 0.3) is 5.91 Å². The minimum atomic E-state index is -0.182. The average Bonchev–Trinajstić information content (AvgIpc) is 2.40. The number of amides is 1. The van der Waals surface area contributed by atoms with Crippen LogP contribution in [0, 0.1) is 0 Å². The molecule has 0 aromatic carbocycles. The second-order valence-electron chi connectivity index (χ2n) is 4.63. The first-order valence-corrected chi connectivity index (χ1v) is 6.76. The molecule has 1 aliphatic heterocycles. The average molecular weight is 284 g/mol. The van der Waals surface area contributed by atoms with Crippen molar-refractivity contribution < 1.29 is 9.53 Å². The summed E-state index contributed by atoms with van der Waals surface area (Å²) in [7, 11) is 0. The molecule has 1 amide bonds. The van der Waals surface area contributed by atoms with Crippen molar-refractivity contribution in [2.45, 2.75) is 13.0 Å². The van der Waals surface area contributed by atoms with Gasteiger partial charge >= 0.3 is 0 Å². The van der Waals surface area contributed by atoms with Gasteiger partial charge in [-0.25, -0.2) is 4.98 Å². The third kappa shape index (κ3) is 4.16. The number of hydrogen-bond donors (Lipinski definition) is 1. The van der Waals surface area contributed by atoms with E-state index in [0.717, 1.165) is 32.8 Å². The highest BCUT2D eigenvalue weighted by Crippen LogP contribution is 2.11. The van der Waals surface area contributed by atoms with Gasteiger partial charge in [-0.2, -0.15) is 0 Å². The lowest BCUT2D eigenvalue weighted by molar-refractivity contribution is 0.0342. The van der Waals surface area contributed by atoms with Crippen molar-refractivity contribution >= 4 is 17.5 Å². The van der Waals surface area contributed by atoms with Crippen LogP contribution in [-0.2, 0) is 4.74 Å². The molecule has 1 N–H and O–H groups in total. The van der Waals surface area contributed by atoms with Crippen LogP contribution >= 0.6 is 11.6 Å². The number of pyridine rings is 1. The molecule has 0 bridgehead atoms. The summed E-state index contributed by atoms with van der Waals surface area (Å²) in [6.07, 6.45) is 1.57. The maximum Gasteiger partial charge on any atom is 0.254 e. The standard InChI is InChI=1S/C13H18ClN3O2/c1-10(9-17-5-7-19-8-6-17)16-13(18)11-3-2-4-15-12(11)14/h2-4,10H,5-9H2,1H3,(H,16,18). The summed E-state index contributed by atoms with van der Waals surface area (Å²) in [5, 5.41) is 3.17. The number of ether oxygens (including phenoxy) is 1. The Labute approximate surface area is 117 Å². The van der Waals surface area contributed by atoms with Gasteiger partial charge in [0.05, 0.1) is 18.8 Å². The minimum absolute atomic E-state index is 0.0573. The van der Waals surface area contributed by atoms with E-state index in [-0.39, 0.29) is 17.1 Å². The molecule has 1 atom stereocenters. The van der Waals surface area contributed by atoms with E-state index < -0.39 is 0 Å². The molecule has 1 saturated heterocycles. The van der Waals surface area contributed by atoms with Gasteiger partial charge in [0, 0.05) is 31.9 Å². The maximum absolute atomic E-state index is 12.0. The molecular formula is C13H18ClN3O2. The molecule has 1 aliphatic rings. The lowest BCUT2D eigenvalue weighted by Crippen LogP contribution is -2.46. The van der Waals surface area contributed by atoms with E-state index in [0.29, 0.717) is 5.56 Å². The molecule has 1 aromatic heterocycles. The number of hydrogen-bond acceptors (Lipinski definition) is 4. The number of morpholine rings is 1. The number of carbonyl (C=O) groups is 1. The smallest absolute Gasteiger partial charge is 0.254 e. The van der Waals surface area contributed by atoms with Crippen LogP contribution < -0.4 is 5.32 Å². The Morgan fingerprint density at radius 1 is 1.58 bits per heavy atom. The number of rotatable bonds is 4. The summed E-state index contributed by atoms with van der Waals surface area (Å²) < 4.78 is 5.29. The molecule has 1 unspecified atom stereocenters. The molecule has 1 aromatic rings. The molecule has 5 nitrogen and oxygen atoms in total. The van der Waals surface area contributed by atoms with Gasteiger partial charge in [0.1, 0.15) is 5.15 Å². The third-order valence-corrected chi connectivity index (χ3v) is 3.32. The van der Waals surface area contributed by atoms with Crippen molar-refractivity contribution in [3.05, 3.63) is 29.0 Å². The van der Waals surface area contributed by atoms with Crippen LogP contribution in [0.4, 0.5) is 0 Å². The zero-order chi connectivity index (χ0) is 13.7. The lowest BCUT2D eigenvalue weighted by Gasteiger charge is -2.29. The van der Waals surface area contributed by atoms with E-state index in [9.17, 15) is 4.79 Å². The maximum atomic E-state index is 12.0. The zero-order valence-electron chi connectivity index (χ0n) is 10.9. The lowest BCUT2D eigenvalue weighted by atomic mass is 10.2. The molecule has 1 fully saturated rings. The number of nitrogens with zero attached hydrogens (tertiary/aromatic N) is 2. The number of aromatic nitrogens is 1. The Kier molecular flexibility index (Phi) is 5.13. The zero-order valence-corrected chi connectivity index (χ0v) is 11.7. The van der Waals surface area contributed by atoms with Crippen molar-refractivity contribution in [2.75, 3.05) is 32.8 Å². The highest BCUT2D eigenvalue weighted by molar-refractivity contribution is 6.32. The van der Waals surface area contributed by atoms with Gasteiger partial charge in [-0.1, -0.05) is 11.6 Å². The van der Waals surface area contributed by atoms with E-state index in [1.165, 1.54) is 0 Å². The second-order valence-corrected chi connectivity index (χ2v) is 4.99. The highest BCUT2D eigenvalue weighted by Gasteiger charge is 2.17. The van der Waals surface area contributed by atoms with E-state index >= 15 is 0 Å². The third-order valence-electron chi connectivity index (χ3n) is 3.02. The van der Waals surface area contributed by atoms with Crippen LogP contribution in [0.15, 0.2) is 18.3 Å². The molecule has 6 heteroatoms. The number of nitrogens with one attached hydrogen (secondary N) is 1. The summed E-state index contributed by atoms with van der Waals surface area (Å²) in [5.74, 6) is -0.182. The first-order valence-electron chi connectivity index (χ1n) is 6.38. The summed E-state index contributed by atoms with van der Waals surface area (Å²) >= 11 is 5.90. The predicted molar refractivity (Wildman–Crippen MR) is 73.4 cm³/mol. The van der Waals surface area contributed by atoms with Crippen LogP contribution in [0.25, 0.3) is 0 Å². The number of halogens is 1. The predicted octanol–water partition coefficient (Wildman–Crippen LogP) is 1.19. The van der Waals surface area contributed by atoms with Gasteiger partial charge < -0.3 is 10.1 Å². The first-order chi connectivity index (χ1) is 9.16. The van der Waals surface area contributed by atoms with Crippen LogP contribution in [-0.4, -0.2) is 54.7 Å². The number of carbonyl (C=O) groups excluding carboxylic acids is 1. The minimum Gasteiger partial charge on any atom is -0.379 e. The quantitative estimate of drug-likeness (QED) is 0.844. The van der Waals surface area contributed by atoms with Crippen LogP contribution in [0.2, 0.25) is 5.15 Å². The molecule has 19 heavy (non-hydrogen) atoms. The first kappa shape index (κ1) is 14.2. The van der Waals surface area contributed by atoms with Gasteiger partial charge in [0.15, 0.2) is 0 Å². The largest absolute Gasteiger partial charge is 0.379 e. The Balaban J connectivity index is 1.86. The fourth-order valence-corrected chi connectivity index (χ4v) is 2.28. The SMILES string of the molecule is CC(CN1CCOCC1)NC(=O)c1cccnc1Cl. The van der Waals surface area contributed by atoms with E-state index in [1.54, 1.807) is 18.3 Å².